The van der Waals surface area contributed by atoms with Crippen LogP contribution in [0.5, 0.6) is 0 Å². The number of nitrogens with zero attached hydrogens (tertiary/aromatic N) is 3. The third kappa shape index (κ3) is 5.64. The van der Waals surface area contributed by atoms with Crippen LogP contribution in [0.3, 0.4) is 0 Å². The Labute approximate surface area is 142 Å². The van der Waals surface area contributed by atoms with Crippen molar-refractivity contribution in [1.29, 1.82) is 0 Å². The van der Waals surface area contributed by atoms with Gasteiger partial charge in [0.05, 0.1) is 6.54 Å². The van der Waals surface area contributed by atoms with Gasteiger partial charge in [-0.1, -0.05) is 27.7 Å². The molecule has 0 aromatic heterocycles. The number of piperazine rings is 1. The minimum absolute atomic E-state index is 0.0802. The third-order valence-electron chi connectivity index (χ3n) is 5.00. The van der Waals surface area contributed by atoms with Crippen molar-refractivity contribution in [2.75, 3.05) is 45.8 Å². The van der Waals surface area contributed by atoms with E-state index in [9.17, 15) is 8.78 Å². The van der Waals surface area contributed by atoms with Crippen LogP contribution in [-0.2, 0) is 0 Å². The molecule has 5 heteroatoms. The van der Waals surface area contributed by atoms with Crippen molar-refractivity contribution in [3.8, 4) is 0 Å². The number of halogens is 2. The van der Waals surface area contributed by atoms with Crippen molar-refractivity contribution < 1.29 is 8.78 Å². The molecule has 2 aliphatic rings. The average molecular weight is 334 g/mol. The van der Waals surface area contributed by atoms with Gasteiger partial charge in [0, 0.05) is 56.8 Å². The molecule has 3 nitrogen and oxygen atoms in total. The predicted octanol–water partition coefficient (Wildman–Crippen LogP) is 3.40. The zero-order chi connectivity index (χ0) is 17.8. The van der Waals surface area contributed by atoms with Gasteiger partial charge in [0.2, 0.25) is 0 Å². The van der Waals surface area contributed by atoms with E-state index in [-0.39, 0.29) is 12.1 Å². The molecular formula is C18H37F2N3. The Balaban J connectivity index is 0.00000127. The smallest absolute Gasteiger partial charge is 0.262 e. The van der Waals surface area contributed by atoms with Gasteiger partial charge in [-0.15, -0.1) is 0 Å². The first-order chi connectivity index (χ1) is 10.6. The van der Waals surface area contributed by atoms with E-state index in [0.717, 1.165) is 39.3 Å². The molecule has 2 heterocycles. The van der Waals surface area contributed by atoms with Gasteiger partial charge in [-0.25, -0.2) is 8.78 Å². The Morgan fingerprint density at radius 3 is 1.83 bits per heavy atom. The van der Waals surface area contributed by atoms with Gasteiger partial charge in [0.25, 0.3) is 5.92 Å². The molecule has 23 heavy (non-hydrogen) atoms. The first-order valence-corrected chi connectivity index (χ1v) is 9.19. The van der Waals surface area contributed by atoms with E-state index in [1.165, 1.54) is 0 Å². The molecule has 2 rings (SSSR count). The molecule has 0 unspecified atom stereocenters. The monoisotopic (exact) mass is 333 g/mol. The van der Waals surface area contributed by atoms with E-state index >= 15 is 0 Å². The lowest BCUT2D eigenvalue weighted by Crippen LogP contribution is -2.65. The van der Waals surface area contributed by atoms with Gasteiger partial charge in [-0.05, 0) is 20.8 Å². The van der Waals surface area contributed by atoms with E-state index < -0.39 is 11.8 Å². The largest absolute Gasteiger partial charge is 0.296 e. The van der Waals surface area contributed by atoms with Crippen molar-refractivity contribution in [3.05, 3.63) is 0 Å². The van der Waals surface area contributed by atoms with Gasteiger partial charge < -0.3 is 0 Å². The lowest BCUT2D eigenvalue weighted by atomic mass is 10.00. The maximum Gasteiger partial charge on any atom is 0.262 e. The number of hydrogen-bond acceptors (Lipinski definition) is 3. The number of likely N-dealkylation sites (tertiary alicyclic amines) is 1. The first-order valence-electron chi connectivity index (χ1n) is 9.19. The van der Waals surface area contributed by atoms with E-state index in [2.05, 4.69) is 30.6 Å². The van der Waals surface area contributed by atoms with E-state index in [4.69, 9.17) is 0 Å². The average Bonchev–Trinajstić information content (AvgIpc) is 2.43. The molecule has 0 amide bonds. The van der Waals surface area contributed by atoms with Crippen molar-refractivity contribution in [2.45, 2.75) is 66.0 Å². The van der Waals surface area contributed by atoms with Crippen molar-refractivity contribution in [1.82, 2.24) is 14.7 Å². The maximum absolute atomic E-state index is 13.7. The standard InChI is InChI=1S/C16H31F2N3.C2H6/c1-13(2)16(17,18)12-19-10-14(11-19)20-6-8-21(9-7-20)15(3,4)5;1-2/h13-14H,6-12H2,1-5H3;1-2H3. The van der Waals surface area contributed by atoms with Crippen LogP contribution in [0.2, 0.25) is 0 Å². The fraction of sp³-hybridized carbons (Fsp3) is 1.00. The SMILES string of the molecule is CC.CC(C)C(F)(F)CN1CC(N2CCN(C(C)(C)C)CC2)C1. The van der Waals surface area contributed by atoms with Crippen LogP contribution in [0.25, 0.3) is 0 Å². The zero-order valence-corrected chi connectivity index (χ0v) is 16.2. The molecule has 0 aliphatic carbocycles. The zero-order valence-electron chi connectivity index (χ0n) is 16.2. The summed E-state index contributed by atoms with van der Waals surface area (Å²) in [7, 11) is 0. The van der Waals surface area contributed by atoms with Crippen LogP contribution in [-0.4, -0.2) is 78.0 Å². The lowest BCUT2D eigenvalue weighted by Gasteiger charge is -2.50. The van der Waals surface area contributed by atoms with Gasteiger partial charge in [0.15, 0.2) is 0 Å². The Bertz CT molecular complexity index is 339. The fourth-order valence-electron chi connectivity index (χ4n) is 3.14. The summed E-state index contributed by atoms with van der Waals surface area (Å²) in [5.74, 6) is -3.14. The number of alkyl halides is 2. The van der Waals surface area contributed by atoms with E-state index in [0.29, 0.717) is 6.04 Å². The molecule has 0 bridgehead atoms. The molecular weight excluding hydrogens is 296 g/mol. The molecule has 0 atom stereocenters. The fourth-order valence-corrected chi connectivity index (χ4v) is 3.14. The Morgan fingerprint density at radius 1 is 0.957 bits per heavy atom. The summed E-state index contributed by atoms with van der Waals surface area (Å²) in [5.41, 5.74) is 0.233. The molecule has 138 valence electrons. The van der Waals surface area contributed by atoms with E-state index in [1.54, 1.807) is 13.8 Å². The Hall–Kier alpha value is -0.260. The van der Waals surface area contributed by atoms with Crippen LogP contribution >= 0.6 is 0 Å². The minimum Gasteiger partial charge on any atom is -0.296 e. The van der Waals surface area contributed by atoms with Crippen molar-refractivity contribution >= 4 is 0 Å². The lowest BCUT2D eigenvalue weighted by molar-refractivity contribution is -0.102. The summed E-state index contributed by atoms with van der Waals surface area (Å²) in [6.07, 6.45) is 0. The minimum atomic E-state index is -2.56. The molecule has 0 radical (unpaired) electrons. The highest BCUT2D eigenvalue weighted by molar-refractivity contribution is 4.93. The molecule has 0 saturated carbocycles. The maximum atomic E-state index is 13.7. The van der Waals surface area contributed by atoms with Crippen LogP contribution in [0.4, 0.5) is 8.78 Å². The predicted molar refractivity (Wildman–Crippen MR) is 94.3 cm³/mol. The highest BCUT2D eigenvalue weighted by atomic mass is 19.3. The van der Waals surface area contributed by atoms with E-state index in [1.807, 2.05) is 18.7 Å². The Kier molecular flexibility index (Phi) is 7.42. The second-order valence-corrected chi connectivity index (χ2v) is 7.96. The third-order valence-corrected chi connectivity index (χ3v) is 5.00. The van der Waals surface area contributed by atoms with Crippen LogP contribution in [0.1, 0.15) is 48.5 Å². The topological polar surface area (TPSA) is 9.72 Å². The molecule has 2 fully saturated rings. The highest BCUT2D eigenvalue weighted by Crippen LogP contribution is 2.28. The summed E-state index contributed by atoms with van der Waals surface area (Å²) < 4.78 is 27.4. The molecule has 0 N–H and O–H groups in total. The van der Waals surface area contributed by atoms with Gasteiger partial charge in [-0.2, -0.15) is 0 Å². The summed E-state index contributed by atoms with van der Waals surface area (Å²) in [6.45, 7) is 19.8. The van der Waals surface area contributed by atoms with Crippen molar-refractivity contribution in [3.63, 3.8) is 0 Å². The normalized spacial score (nSPS) is 22.7. The van der Waals surface area contributed by atoms with Crippen molar-refractivity contribution in [2.24, 2.45) is 5.92 Å². The number of hydrogen-bond donors (Lipinski definition) is 0. The molecule has 2 saturated heterocycles. The van der Waals surface area contributed by atoms with Gasteiger partial charge in [-0.3, -0.25) is 14.7 Å². The first kappa shape index (κ1) is 20.8. The van der Waals surface area contributed by atoms with Gasteiger partial charge >= 0.3 is 0 Å². The molecule has 0 aromatic rings. The molecule has 2 aliphatic heterocycles. The van der Waals surface area contributed by atoms with Gasteiger partial charge in [0.1, 0.15) is 0 Å². The highest BCUT2D eigenvalue weighted by Gasteiger charge is 2.41. The summed E-state index contributed by atoms with van der Waals surface area (Å²) in [4.78, 5) is 6.89. The Morgan fingerprint density at radius 2 is 1.43 bits per heavy atom. The van der Waals surface area contributed by atoms with Crippen LogP contribution in [0, 0.1) is 5.92 Å². The summed E-state index contributed by atoms with van der Waals surface area (Å²) in [5, 5.41) is 0. The number of rotatable bonds is 4. The molecule has 0 aromatic carbocycles. The quantitative estimate of drug-likeness (QED) is 0.781. The van der Waals surface area contributed by atoms with Crippen LogP contribution < -0.4 is 0 Å². The second kappa shape index (κ2) is 8.21. The van der Waals surface area contributed by atoms with Crippen LogP contribution in [0.15, 0.2) is 0 Å². The summed E-state index contributed by atoms with van der Waals surface area (Å²) in [6, 6.07) is 0.482. The summed E-state index contributed by atoms with van der Waals surface area (Å²) >= 11 is 0. The second-order valence-electron chi connectivity index (χ2n) is 7.96. The molecule has 0 spiro atoms.